The van der Waals surface area contributed by atoms with Crippen molar-refractivity contribution in [1.82, 2.24) is 10.2 Å². The molecule has 0 aromatic heterocycles. The van der Waals surface area contributed by atoms with E-state index in [1.54, 1.807) is 12.0 Å². The number of amides is 2. The quantitative estimate of drug-likeness (QED) is 0.675. The first-order valence-corrected chi connectivity index (χ1v) is 11.3. The van der Waals surface area contributed by atoms with E-state index >= 15 is 0 Å². The van der Waals surface area contributed by atoms with E-state index in [4.69, 9.17) is 4.74 Å². The Labute approximate surface area is 189 Å². The molecule has 1 atom stereocenters. The van der Waals surface area contributed by atoms with Crippen molar-refractivity contribution in [2.45, 2.75) is 25.8 Å². The zero-order chi connectivity index (χ0) is 22.5. The predicted molar refractivity (Wildman–Crippen MR) is 126 cm³/mol. The second kappa shape index (κ2) is 10.0. The molecule has 4 rings (SSSR count). The first kappa shape index (κ1) is 22.1. The Bertz CT molecular complexity index is 938. The van der Waals surface area contributed by atoms with Gasteiger partial charge >= 0.3 is 0 Å². The van der Waals surface area contributed by atoms with Crippen LogP contribution in [0.15, 0.2) is 48.5 Å². The average Bonchev–Trinajstić information content (AvgIpc) is 3.22. The molecule has 2 amide bonds. The molecule has 7 heteroatoms. The summed E-state index contributed by atoms with van der Waals surface area (Å²) in [7, 11) is 1.68. The molecule has 0 bridgehead atoms. The van der Waals surface area contributed by atoms with Crippen molar-refractivity contribution in [1.29, 1.82) is 0 Å². The zero-order valence-corrected chi connectivity index (χ0v) is 18.9. The molecular formula is C25H32N4O3. The van der Waals surface area contributed by atoms with Gasteiger partial charge in [-0.2, -0.15) is 0 Å². The van der Waals surface area contributed by atoms with Gasteiger partial charge in [0.2, 0.25) is 11.8 Å². The summed E-state index contributed by atoms with van der Waals surface area (Å²) in [5.74, 6) is 0.716. The van der Waals surface area contributed by atoms with Crippen LogP contribution < -0.4 is 19.9 Å². The number of nitrogens with zero attached hydrogens (tertiary/aromatic N) is 3. The van der Waals surface area contributed by atoms with Crippen LogP contribution in [0.1, 0.15) is 18.9 Å². The highest BCUT2D eigenvalue weighted by Gasteiger charge is 2.36. The molecule has 0 radical (unpaired) electrons. The summed E-state index contributed by atoms with van der Waals surface area (Å²) in [6, 6.07) is 15.5. The minimum absolute atomic E-state index is 0.0688. The maximum Gasteiger partial charge on any atom is 0.243 e. The first-order chi connectivity index (χ1) is 15.6. The lowest BCUT2D eigenvalue weighted by atomic mass is 10.1. The first-order valence-electron chi connectivity index (χ1n) is 11.3. The van der Waals surface area contributed by atoms with E-state index in [1.807, 2.05) is 36.4 Å². The number of rotatable bonds is 7. The van der Waals surface area contributed by atoms with E-state index in [9.17, 15) is 9.59 Å². The molecule has 1 N–H and O–H groups in total. The van der Waals surface area contributed by atoms with E-state index < -0.39 is 6.04 Å². The lowest BCUT2D eigenvalue weighted by molar-refractivity contribution is -0.125. The molecule has 0 saturated carbocycles. The van der Waals surface area contributed by atoms with Crippen LogP contribution in [-0.4, -0.2) is 69.1 Å². The average molecular weight is 437 g/mol. The lowest BCUT2D eigenvalue weighted by Gasteiger charge is -2.36. The van der Waals surface area contributed by atoms with Crippen molar-refractivity contribution in [3.8, 4) is 5.75 Å². The fourth-order valence-electron chi connectivity index (χ4n) is 4.64. The van der Waals surface area contributed by atoms with Gasteiger partial charge in [-0.05, 0) is 48.9 Å². The summed E-state index contributed by atoms with van der Waals surface area (Å²) >= 11 is 0. The summed E-state index contributed by atoms with van der Waals surface area (Å²) in [5, 5.41) is 3.05. The minimum Gasteiger partial charge on any atom is -0.497 e. The van der Waals surface area contributed by atoms with Crippen LogP contribution in [-0.2, 0) is 16.0 Å². The smallest absolute Gasteiger partial charge is 0.243 e. The molecule has 0 aliphatic carbocycles. The van der Waals surface area contributed by atoms with Gasteiger partial charge in [-0.25, -0.2) is 0 Å². The number of carbonyl (C=O) groups is 2. The molecule has 2 heterocycles. The number of ether oxygens (including phenoxy) is 1. The van der Waals surface area contributed by atoms with Crippen LogP contribution in [0.2, 0.25) is 0 Å². The highest BCUT2D eigenvalue weighted by atomic mass is 16.5. The third-order valence-corrected chi connectivity index (χ3v) is 6.38. The normalized spacial score (nSPS) is 18.4. The molecule has 2 aliphatic heterocycles. The van der Waals surface area contributed by atoms with Crippen LogP contribution in [0.25, 0.3) is 0 Å². The number of carbonyl (C=O) groups excluding carboxylic acids is 2. The molecule has 2 aliphatic rings. The Hall–Kier alpha value is -3.06. The van der Waals surface area contributed by atoms with E-state index in [0.29, 0.717) is 13.0 Å². The van der Waals surface area contributed by atoms with Crippen molar-refractivity contribution in [2.75, 3.05) is 56.2 Å². The molecule has 1 fully saturated rings. The highest BCUT2D eigenvalue weighted by molar-refractivity contribution is 6.02. The zero-order valence-electron chi connectivity index (χ0n) is 18.9. The number of methoxy groups -OCH3 is 1. The van der Waals surface area contributed by atoms with Crippen molar-refractivity contribution in [3.63, 3.8) is 0 Å². The van der Waals surface area contributed by atoms with Crippen molar-refractivity contribution >= 4 is 23.2 Å². The summed E-state index contributed by atoms with van der Waals surface area (Å²) < 4.78 is 5.24. The van der Waals surface area contributed by atoms with Crippen molar-refractivity contribution in [3.05, 3.63) is 54.1 Å². The number of nitrogens with one attached hydrogen (secondary N) is 1. The van der Waals surface area contributed by atoms with Gasteiger partial charge in [-0.15, -0.1) is 0 Å². The molecule has 170 valence electrons. The molecule has 2 aromatic carbocycles. The van der Waals surface area contributed by atoms with Gasteiger partial charge in [0.25, 0.3) is 0 Å². The summed E-state index contributed by atoms with van der Waals surface area (Å²) in [4.78, 5) is 31.4. The van der Waals surface area contributed by atoms with Crippen LogP contribution in [0.5, 0.6) is 5.75 Å². The lowest BCUT2D eigenvalue weighted by Crippen LogP contribution is -2.48. The fourth-order valence-corrected chi connectivity index (χ4v) is 4.64. The Morgan fingerprint density at radius 3 is 2.44 bits per heavy atom. The molecule has 7 nitrogen and oxygen atoms in total. The van der Waals surface area contributed by atoms with Crippen LogP contribution in [0.3, 0.4) is 0 Å². The van der Waals surface area contributed by atoms with E-state index in [-0.39, 0.29) is 11.8 Å². The Morgan fingerprint density at radius 2 is 1.75 bits per heavy atom. The second-order valence-electron chi connectivity index (χ2n) is 8.41. The number of fused-ring (bicyclic) bond motifs is 1. The molecule has 0 spiro atoms. The van der Waals surface area contributed by atoms with E-state index in [0.717, 1.165) is 56.1 Å². The van der Waals surface area contributed by atoms with Crippen molar-refractivity contribution in [2.24, 2.45) is 0 Å². The SMILES string of the molecule is COc1ccc(N2CCN(CCCNC(=O)[C@@H]3Cc4ccccc4N3C(C)=O)CC2)cc1. The number of hydrogen-bond donors (Lipinski definition) is 1. The number of anilines is 2. The Kier molecular flexibility index (Phi) is 6.95. The van der Waals surface area contributed by atoms with E-state index in [1.165, 1.54) is 12.6 Å². The van der Waals surface area contributed by atoms with Gasteiger partial charge in [0.1, 0.15) is 11.8 Å². The number of piperazine rings is 1. The molecule has 2 aromatic rings. The van der Waals surface area contributed by atoms with Crippen LogP contribution >= 0.6 is 0 Å². The monoisotopic (exact) mass is 436 g/mol. The largest absolute Gasteiger partial charge is 0.497 e. The van der Waals surface area contributed by atoms with Gasteiger partial charge in [0.15, 0.2) is 0 Å². The van der Waals surface area contributed by atoms with Gasteiger partial charge in [-0.3, -0.25) is 19.4 Å². The second-order valence-corrected chi connectivity index (χ2v) is 8.41. The van der Waals surface area contributed by atoms with Gasteiger partial charge < -0.3 is 15.0 Å². The summed E-state index contributed by atoms with van der Waals surface area (Å²) in [6.07, 6.45) is 1.48. The Balaban J connectivity index is 1.19. The third kappa shape index (κ3) is 4.88. The van der Waals surface area contributed by atoms with Gasteiger partial charge in [-0.1, -0.05) is 18.2 Å². The highest BCUT2D eigenvalue weighted by Crippen LogP contribution is 2.32. The van der Waals surface area contributed by atoms with Crippen LogP contribution in [0.4, 0.5) is 11.4 Å². The molecular weight excluding hydrogens is 404 g/mol. The minimum atomic E-state index is -0.446. The fraction of sp³-hybridized carbons (Fsp3) is 0.440. The summed E-state index contributed by atoms with van der Waals surface area (Å²) in [5.41, 5.74) is 3.14. The van der Waals surface area contributed by atoms with Gasteiger partial charge in [0.05, 0.1) is 7.11 Å². The third-order valence-electron chi connectivity index (χ3n) is 6.38. The topological polar surface area (TPSA) is 65.1 Å². The predicted octanol–water partition coefficient (Wildman–Crippen LogP) is 2.30. The molecule has 1 saturated heterocycles. The van der Waals surface area contributed by atoms with Crippen LogP contribution in [0, 0.1) is 0 Å². The maximum atomic E-state index is 12.8. The van der Waals surface area contributed by atoms with E-state index in [2.05, 4.69) is 27.2 Å². The van der Waals surface area contributed by atoms with Gasteiger partial charge in [0, 0.05) is 57.4 Å². The maximum absolute atomic E-state index is 12.8. The molecule has 32 heavy (non-hydrogen) atoms. The molecule has 0 unspecified atom stereocenters. The number of benzene rings is 2. The standard InChI is InChI=1S/C25H32N4O3/c1-19(30)29-23-7-4-3-6-20(23)18-24(29)25(31)26-12-5-13-27-14-16-28(17-15-27)21-8-10-22(32-2)11-9-21/h3-4,6-11,24H,5,12-18H2,1-2H3,(H,26,31)/t24-/m0/s1. The summed E-state index contributed by atoms with van der Waals surface area (Å²) in [6.45, 7) is 7.10. The van der Waals surface area contributed by atoms with Crippen molar-refractivity contribution < 1.29 is 14.3 Å². The number of para-hydroxylation sites is 1. The Morgan fingerprint density at radius 1 is 1.03 bits per heavy atom. The number of hydrogen-bond acceptors (Lipinski definition) is 5.